The van der Waals surface area contributed by atoms with Crippen molar-refractivity contribution in [2.24, 2.45) is 0 Å². The van der Waals surface area contributed by atoms with Crippen LogP contribution in [0, 0.1) is 11.3 Å². The standard InChI is InChI=1S/C13H14N4O2/c14-6-10-2-1-3-11(16-10)17-5-4-13(9-17)8-15-12(18)7-19-13/h1-3H,4-5,7-9H2,(H,15,18). The number of rotatable bonds is 1. The Balaban J connectivity index is 1.75. The predicted octanol–water partition coefficient (Wildman–Crippen LogP) is 0.0486. The van der Waals surface area contributed by atoms with Crippen molar-refractivity contribution in [1.29, 1.82) is 5.26 Å². The topological polar surface area (TPSA) is 78.2 Å². The molecule has 0 aliphatic carbocycles. The maximum absolute atomic E-state index is 11.1. The molecule has 3 rings (SSSR count). The van der Waals surface area contributed by atoms with Gasteiger partial charge in [0.15, 0.2) is 0 Å². The predicted molar refractivity (Wildman–Crippen MR) is 67.5 cm³/mol. The highest BCUT2D eigenvalue weighted by Gasteiger charge is 2.42. The molecule has 0 saturated carbocycles. The van der Waals surface area contributed by atoms with Crippen molar-refractivity contribution < 1.29 is 9.53 Å². The number of aromatic nitrogens is 1. The molecule has 0 aromatic carbocycles. The van der Waals surface area contributed by atoms with E-state index < -0.39 is 0 Å². The van der Waals surface area contributed by atoms with Gasteiger partial charge in [-0.25, -0.2) is 4.98 Å². The van der Waals surface area contributed by atoms with Gasteiger partial charge in [-0.1, -0.05) is 6.07 Å². The SMILES string of the molecule is N#Cc1cccc(N2CCC3(CNC(=O)CO3)C2)n1. The van der Waals surface area contributed by atoms with E-state index in [1.54, 1.807) is 6.07 Å². The molecule has 1 unspecified atom stereocenters. The summed E-state index contributed by atoms with van der Waals surface area (Å²) in [5, 5.41) is 11.7. The molecule has 1 amide bonds. The van der Waals surface area contributed by atoms with Crippen LogP contribution in [0.15, 0.2) is 18.2 Å². The zero-order valence-corrected chi connectivity index (χ0v) is 10.4. The van der Waals surface area contributed by atoms with Gasteiger partial charge in [0.1, 0.15) is 29.8 Å². The molecular weight excluding hydrogens is 244 g/mol. The van der Waals surface area contributed by atoms with Gasteiger partial charge in [-0.05, 0) is 18.6 Å². The third-order valence-corrected chi connectivity index (χ3v) is 3.61. The van der Waals surface area contributed by atoms with Crippen molar-refractivity contribution in [3.05, 3.63) is 23.9 Å². The average molecular weight is 258 g/mol. The Morgan fingerprint density at radius 2 is 2.42 bits per heavy atom. The lowest BCUT2D eigenvalue weighted by molar-refractivity contribution is -0.141. The Labute approximate surface area is 111 Å². The minimum Gasteiger partial charge on any atom is -0.361 e. The molecule has 6 nitrogen and oxygen atoms in total. The smallest absolute Gasteiger partial charge is 0.246 e. The third-order valence-electron chi connectivity index (χ3n) is 3.61. The number of hydrogen-bond donors (Lipinski definition) is 1. The molecule has 2 saturated heterocycles. The number of nitrogens with one attached hydrogen (secondary N) is 1. The van der Waals surface area contributed by atoms with Crippen LogP contribution in [0.4, 0.5) is 5.82 Å². The highest BCUT2D eigenvalue weighted by molar-refractivity contribution is 5.78. The molecule has 0 radical (unpaired) electrons. The molecule has 2 aliphatic rings. The van der Waals surface area contributed by atoms with Crippen LogP contribution in [0.5, 0.6) is 0 Å². The van der Waals surface area contributed by atoms with Crippen molar-refractivity contribution in [2.75, 3.05) is 31.1 Å². The van der Waals surface area contributed by atoms with E-state index in [1.165, 1.54) is 0 Å². The Kier molecular flexibility index (Phi) is 2.84. The summed E-state index contributed by atoms with van der Waals surface area (Å²) >= 11 is 0. The van der Waals surface area contributed by atoms with Crippen LogP contribution in [0.3, 0.4) is 0 Å². The fourth-order valence-corrected chi connectivity index (χ4v) is 2.54. The largest absolute Gasteiger partial charge is 0.361 e. The lowest BCUT2D eigenvalue weighted by Crippen LogP contribution is -2.53. The van der Waals surface area contributed by atoms with Crippen LogP contribution in [-0.4, -0.2) is 42.7 Å². The monoisotopic (exact) mass is 258 g/mol. The highest BCUT2D eigenvalue weighted by Crippen LogP contribution is 2.29. The molecule has 19 heavy (non-hydrogen) atoms. The minimum absolute atomic E-state index is 0.0614. The van der Waals surface area contributed by atoms with Crippen LogP contribution >= 0.6 is 0 Å². The van der Waals surface area contributed by atoms with Crippen molar-refractivity contribution >= 4 is 11.7 Å². The summed E-state index contributed by atoms with van der Waals surface area (Å²) in [5.41, 5.74) is 0.106. The van der Waals surface area contributed by atoms with Gasteiger partial charge in [-0.15, -0.1) is 0 Å². The zero-order chi connectivity index (χ0) is 13.3. The number of carbonyl (C=O) groups is 1. The molecule has 1 aromatic heterocycles. The summed E-state index contributed by atoms with van der Waals surface area (Å²) in [6.07, 6.45) is 0.853. The van der Waals surface area contributed by atoms with Gasteiger partial charge in [0.05, 0.1) is 6.54 Å². The minimum atomic E-state index is -0.307. The average Bonchev–Trinajstić information content (AvgIpc) is 2.87. The normalized spacial score (nSPS) is 26.3. The number of nitriles is 1. The first kappa shape index (κ1) is 11.9. The van der Waals surface area contributed by atoms with E-state index >= 15 is 0 Å². The number of morpholine rings is 1. The van der Waals surface area contributed by atoms with E-state index in [-0.39, 0.29) is 18.1 Å². The molecule has 1 spiro atoms. The van der Waals surface area contributed by atoms with Crippen molar-refractivity contribution in [1.82, 2.24) is 10.3 Å². The molecule has 98 valence electrons. The number of amides is 1. The van der Waals surface area contributed by atoms with E-state index in [1.807, 2.05) is 18.2 Å². The van der Waals surface area contributed by atoms with E-state index in [9.17, 15) is 4.79 Å². The van der Waals surface area contributed by atoms with Gasteiger partial charge in [0, 0.05) is 13.1 Å². The Morgan fingerprint density at radius 3 is 3.16 bits per heavy atom. The van der Waals surface area contributed by atoms with E-state index in [0.29, 0.717) is 18.8 Å². The van der Waals surface area contributed by atoms with Crippen LogP contribution in [0.25, 0.3) is 0 Å². The number of nitrogens with zero attached hydrogens (tertiary/aromatic N) is 3. The van der Waals surface area contributed by atoms with Gasteiger partial charge in [0.2, 0.25) is 5.91 Å². The van der Waals surface area contributed by atoms with Gasteiger partial charge in [-0.3, -0.25) is 4.79 Å². The van der Waals surface area contributed by atoms with E-state index in [2.05, 4.69) is 15.2 Å². The summed E-state index contributed by atoms with van der Waals surface area (Å²) in [4.78, 5) is 17.5. The number of ether oxygens (including phenoxy) is 1. The number of hydrogen-bond acceptors (Lipinski definition) is 5. The Bertz CT molecular complexity index is 542. The maximum atomic E-state index is 11.1. The van der Waals surface area contributed by atoms with Crippen molar-refractivity contribution in [3.8, 4) is 6.07 Å². The third kappa shape index (κ3) is 2.25. The van der Waals surface area contributed by atoms with Gasteiger partial charge < -0.3 is 15.0 Å². The Hall–Kier alpha value is -2.13. The first-order valence-corrected chi connectivity index (χ1v) is 6.24. The molecular formula is C13H14N4O2. The number of anilines is 1. The summed E-state index contributed by atoms with van der Waals surface area (Å²) in [7, 11) is 0. The van der Waals surface area contributed by atoms with Crippen molar-refractivity contribution in [2.45, 2.75) is 12.0 Å². The van der Waals surface area contributed by atoms with Crippen LogP contribution < -0.4 is 10.2 Å². The molecule has 1 atom stereocenters. The summed E-state index contributed by atoms with van der Waals surface area (Å²) in [6, 6.07) is 7.45. The van der Waals surface area contributed by atoms with Crippen LogP contribution in [0.2, 0.25) is 0 Å². The van der Waals surface area contributed by atoms with Crippen LogP contribution in [-0.2, 0) is 9.53 Å². The van der Waals surface area contributed by atoms with E-state index in [0.717, 1.165) is 18.8 Å². The molecule has 1 N–H and O–H groups in total. The molecule has 2 aliphatic heterocycles. The first-order valence-electron chi connectivity index (χ1n) is 6.24. The zero-order valence-electron chi connectivity index (χ0n) is 10.4. The summed E-state index contributed by atoms with van der Waals surface area (Å²) in [5.74, 6) is 0.727. The summed E-state index contributed by atoms with van der Waals surface area (Å²) < 4.78 is 5.70. The van der Waals surface area contributed by atoms with Gasteiger partial charge in [-0.2, -0.15) is 5.26 Å². The fourth-order valence-electron chi connectivity index (χ4n) is 2.54. The van der Waals surface area contributed by atoms with Gasteiger partial charge >= 0.3 is 0 Å². The van der Waals surface area contributed by atoms with Crippen molar-refractivity contribution in [3.63, 3.8) is 0 Å². The Morgan fingerprint density at radius 1 is 1.53 bits per heavy atom. The highest BCUT2D eigenvalue weighted by atomic mass is 16.5. The maximum Gasteiger partial charge on any atom is 0.246 e. The lowest BCUT2D eigenvalue weighted by atomic mass is 10.0. The van der Waals surface area contributed by atoms with Gasteiger partial charge in [0.25, 0.3) is 0 Å². The van der Waals surface area contributed by atoms with Crippen LogP contribution in [0.1, 0.15) is 12.1 Å². The molecule has 2 fully saturated rings. The molecule has 6 heteroatoms. The summed E-state index contributed by atoms with van der Waals surface area (Å²) in [6.45, 7) is 2.17. The molecule has 1 aromatic rings. The first-order chi connectivity index (χ1) is 9.21. The number of carbonyl (C=O) groups excluding carboxylic acids is 1. The lowest BCUT2D eigenvalue weighted by Gasteiger charge is -2.33. The quantitative estimate of drug-likeness (QED) is 0.770. The molecule has 0 bridgehead atoms. The fraction of sp³-hybridized carbons (Fsp3) is 0.462. The second-order valence-corrected chi connectivity index (χ2v) is 4.91. The molecule has 3 heterocycles. The van der Waals surface area contributed by atoms with E-state index in [4.69, 9.17) is 10.00 Å². The second kappa shape index (κ2) is 4.52. The number of pyridine rings is 1. The second-order valence-electron chi connectivity index (χ2n) is 4.91.